The van der Waals surface area contributed by atoms with E-state index in [9.17, 15) is 4.79 Å². The van der Waals surface area contributed by atoms with Gasteiger partial charge in [0.15, 0.2) is 0 Å². The minimum Gasteiger partial charge on any atom is -0.339 e. The zero-order valence-corrected chi connectivity index (χ0v) is 13.0. The predicted octanol–water partition coefficient (Wildman–Crippen LogP) is 4.24. The number of anilines is 1. The molecule has 0 saturated heterocycles. The Balaban J connectivity index is 3.51. The second-order valence-corrected chi connectivity index (χ2v) is 5.27. The van der Waals surface area contributed by atoms with E-state index < -0.39 is 0 Å². The lowest BCUT2D eigenvalue weighted by atomic mass is 9.89. The van der Waals surface area contributed by atoms with Crippen molar-refractivity contribution in [2.75, 3.05) is 11.9 Å². The Morgan fingerprint density at radius 3 is 2.47 bits per heavy atom. The standard InChI is InChI=1S/C17H25NO/c1-7-13(4)17-15(8-2)9-12(3)10-16(17)18(6)14(5)11-19/h9-10,13H,7-8H2,1-6H3. The maximum absolute atomic E-state index is 10.9. The van der Waals surface area contributed by atoms with Crippen molar-refractivity contribution in [3.05, 3.63) is 34.5 Å². The lowest BCUT2D eigenvalue weighted by Crippen LogP contribution is -2.18. The highest BCUT2D eigenvalue weighted by atomic mass is 16.1. The Labute approximate surface area is 117 Å². The Morgan fingerprint density at radius 1 is 1.37 bits per heavy atom. The molecule has 1 rings (SSSR count). The van der Waals surface area contributed by atoms with Crippen LogP contribution in [-0.2, 0) is 11.2 Å². The fourth-order valence-corrected chi connectivity index (χ4v) is 2.44. The van der Waals surface area contributed by atoms with Crippen molar-refractivity contribution in [1.29, 1.82) is 0 Å². The Kier molecular flexibility index (Phi) is 5.38. The molecule has 2 heteroatoms. The fourth-order valence-electron chi connectivity index (χ4n) is 2.44. The minimum absolute atomic E-state index is 0.493. The van der Waals surface area contributed by atoms with E-state index in [-0.39, 0.29) is 0 Å². The highest BCUT2D eigenvalue weighted by molar-refractivity contribution is 5.68. The van der Waals surface area contributed by atoms with Crippen molar-refractivity contribution in [3.63, 3.8) is 0 Å². The number of carbonyl (C=O) groups excluding carboxylic acids is 1. The van der Waals surface area contributed by atoms with Gasteiger partial charge >= 0.3 is 0 Å². The number of hydrogen-bond acceptors (Lipinski definition) is 2. The van der Waals surface area contributed by atoms with Gasteiger partial charge in [-0.15, -0.1) is 0 Å². The number of allylic oxidation sites excluding steroid dienone is 1. The molecule has 19 heavy (non-hydrogen) atoms. The summed E-state index contributed by atoms with van der Waals surface area (Å²) in [6, 6.07) is 4.43. The van der Waals surface area contributed by atoms with Gasteiger partial charge in [0, 0.05) is 12.7 Å². The second kappa shape index (κ2) is 6.58. The molecule has 0 aromatic heterocycles. The van der Waals surface area contributed by atoms with Crippen LogP contribution in [0.15, 0.2) is 17.8 Å². The fraction of sp³-hybridized carbons (Fsp3) is 0.529. The molecule has 0 heterocycles. The van der Waals surface area contributed by atoms with Gasteiger partial charge in [0.1, 0.15) is 5.94 Å². The van der Waals surface area contributed by atoms with Crippen LogP contribution in [0, 0.1) is 6.92 Å². The van der Waals surface area contributed by atoms with Crippen LogP contribution < -0.4 is 4.90 Å². The molecule has 0 aliphatic carbocycles. The van der Waals surface area contributed by atoms with Crippen LogP contribution in [0.1, 0.15) is 56.7 Å². The van der Waals surface area contributed by atoms with Crippen LogP contribution in [0.5, 0.6) is 0 Å². The minimum atomic E-state index is 0.493. The van der Waals surface area contributed by atoms with Crippen LogP contribution in [0.25, 0.3) is 0 Å². The molecule has 1 atom stereocenters. The third kappa shape index (κ3) is 3.27. The molecule has 2 nitrogen and oxygen atoms in total. The second-order valence-electron chi connectivity index (χ2n) is 5.27. The molecule has 0 amide bonds. The molecule has 0 aliphatic rings. The van der Waals surface area contributed by atoms with E-state index in [1.165, 1.54) is 16.7 Å². The summed E-state index contributed by atoms with van der Waals surface area (Å²) < 4.78 is 0. The topological polar surface area (TPSA) is 20.3 Å². The van der Waals surface area contributed by atoms with Gasteiger partial charge in [-0.25, -0.2) is 4.79 Å². The van der Waals surface area contributed by atoms with Gasteiger partial charge in [-0.2, -0.15) is 0 Å². The molecule has 0 fully saturated rings. The average molecular weight is 259 g/mol. The zero-order chi connectivity index (χ0) is 14.6. The molecule has 1 aromatic rings. The van der Waals surface area contributed by atoms with Gasteiger partial charge in [-0.05, 0) is 55.4 Å². The number of nitrogens with zero attached hydrogens (tertiary/aromatic N) is 1. The molecule has 0 N–H and O–H groups in total. The molecule has 1 unspecified atom stereocenters. The van der Waals surface area contributed by atoms with Crippen LogP contribution in [-0.4, -0.2) is 13.0 Å². The molecular weight excluding hydrogens is 234 g/mol. The third-order valence-corrected chi connectivity index (χ3v) is 3.89. The van der Waals surface area contributed by atoms with Crippen molar-refractivity contribution < 1.29 is 4.79 Å². The highest BCUT2D eigenvalue weighted by Crippen LogP contribution is 2.35. The lowest BCUT2D eigenvalue weighted by molar-refractivity contribution is 0.566. The zero-order valence-electron chi connectivity index (χ0n) is 13.0. The third-order valence-electron chi connectivity index (χ3n) is 3.89. The summed E-state index contributed by atoms with van der Waals surface area (Å²) in [6.45, 7) is 10.6. The Morgan fingerprint density at radius 2 is 2.00 bits per heavy atom. The highest BCUT2D eigenvalue weighted by Gasteiger charge is 2.17. The predicted molar refractivity (Wildman–Crippen MR) is 82.5 cm³/mol. The van der Waals surface area contributed by atoms with Gasteiger partial charge in [0.25, 0.3) is 0 Å². The molecule has 0 bridgehead atoms. The van der Waals surface area contributed by atoms with E-state index in [1.54, 1.807) is 6.92 Å². The summed E-state index contributed by atoms with van der Waals surface area (Å²) in [4.78, 5) is 12.9. The number of aryl methyl sites for hydroxylation is 2. The van der Waals surface area contributed by atoms with E-state index in [1.807, 2.05) is 17.9 Å². The van der Waals surface area contributed by atoms with Crippen molar-refractivity contribution in [1.82, 2.24) is 0 Å². The molecule has 0 radical (unpaired) electrons. The van der Waals surface area contributed by atoms with Crippen molar-refractivity contribution in [2.45, 2.75) is 53.4 Å². The van der Waals surface area contributed by atoms with Crippen LogP contribution in [0.2, 0.25) is 0 Å². The number of rotatable bonds is 5. The summed E-state index contributed by atoms with van der Waals surface area (Å²) in [5.74, 6) is 2.49. The SMILES string of the molecule is CCc1cc(C)cc(N(C)C(C)=C=O)c1C(C)CC. The van der Waals surface area contributed by atoms with E-state index in [0.717, 1.165) is 18.5 Å². The largest absolute Gasteiger partial charge is 0.339 e. The normalized spacial score (nSPS) is 11.9. The van der Waals surface area contributed by atoms with E-state index in [0.29, 0.717) is 11.6 Å². The van der Waals surface area contributed by atoms with Gasteiger partial charge < -0.3 is 4.90 Å². The van der Waals surface area contributed by atoms with Gasteiger partial charge in [0.05, 0.1) is 5.70 Å². The maximum Gasteiger partial charge on any atom is 0.145 e. The smallest absolute Gasteiger partial charge is 0.145 e. The Hall–Kier alpha value is -1.53. The molecule has 0 aliphatic heterocycles. The van der Waals surface area contributed by atoms with Crippen molar-refractivity contribution >= 4 is 11.6 Å². The molecule has 104 valence electrons. The molecule has 0 saturated carbocycles. The first kappa shape index (κ1) is 15.5. The summed E-state index contributed by atoms with van der Waals surface area (Å²) >= 11 is 0. The number of hydrogen-bond donors (Lipinski definition) is 0. The Bertz CT molecular complexity index is 498. The average Bonchev–Trinajstić information content (AvgIpc) is 2.43. The van der Waals surface area contributed by atoms with E-state index in [2.05, 4.69) is 39.8 Å². The summed E-state index contributed by atoms with van der Waals surface area (Å²) in [7, 11) is 1.94. The number of benzene rings is 1. The van der Waals surface area contributed by atoms with Gasteiger partial charge in [-0.1, -0.05) is 26.8 Å². The molecule has 1 aromatic carbocycles. The van der Waals surface area contributed by atoms with E-state index >= 15 is 0 Å². The monoisotopic (exact) mass is 259 g/mol. The summed E-state index contributed by atoms with van der Waals surface area (Å²) in [6.07, 6.45) is 2.12. The molecular formula is C17H25NO. The first-order valence-corrected chi connectivity index (χ1v) is 7.05. The molecule has 0 spiro atoms. The maximum atomic E-state index is 10.9. The van der Waals surface area contributed by atoms with Gasteiger partial charge in [-0.3, -0.25) is 0 Å². The van der Waals surface area contributed by atoms with Crippen molar-refractivity contribution in [2.24, 2.45) is 0 Å². The van der Waals surface area contributed by atoms with Crippen LogP contribution >= 0.6 is 0 Å². The first-order chi connectivity index (χ1) is 8.96. The lowest BCUT2D eigenvalue weighted by Gasteiger charge is -2.27. The quantitative estimate of drug-likeness (QED) is 0.737. The first-order valence-electron chi connectivity index (χ1n) is 7.05. The van der Waals surface area contributed by atoms with E-state index in [4.69, 9.17) is 0 Å². The van der Waals surface area contributed by atoms with Crippen LogP contribution in [0.4, 0.5) is 5.69 Å². The van der Waals surface area contributed by atoms with Crippen molar-refractivity contribution in [3.8, 4) is 0 Å². The summed E-state index contributed by atoms with van der Waals surface area (Å²) in [5, 5.41) is 0. The van der Waals surface area contributed by atoms with Crippen LogP contribution in [0.3, 0.4) is 0 Å². The van der Waals surface area contributed by atoms with Gasteiger partial charge in [0.2, 0.25) is 0 Å². The summed E-state index contributed by atoms with van der Waals surface area (Å²) in [5.41, 5.74) is 5.76.